The molecule has 21 rings (SSSR count). The minimum absolute atomic E-state index is 0.0289. The zero-order valence-electron chi connectivity index (χ0n) is 53.6. The fourth-order valence-corrected chi connectivity index (χ4v) is 31.7. The SMILES string of the molecule is NCCCc1cccc2c1C(=O)OC21C2CC(C3CCCC4(CCCC45CCCC5)C3)C=CC3C4=C5CCC16C(=C(O)CC1C7CC8(CCCC8)C8(CCCC89CCCC9C#CCC8C9CC(CN81)C1CCC8=C(C5C5C(CC=CC35)C8)N1C9)C7)OC(=O)C426. The smallest absolute Gasteiger partial charge is 0.339 e. The second-order valence-electron chi connectivity index (χ2n) is 35.5. The Morgan fingerprint density at radius 3 is 2.40 bits per heavy atom. The van der Waals surface area contributed by atoms with Crippen LogP contribution in [0.25, 0.3) is 0 Å². The summed E-state index contributed by atoms with van der Waals surface area (Å²) >= 11 is 0. The Morgan fingerprint density at radius 2 is 1.52 bits per heavy atom. The van der Waals surface area contributed by atoms with Crippen molar-refractivity contribution in [3.63, 3.8) is 0 Å². The van der Waals surface area contributed by atoms with Gasteiger partial charge in [0.05, 0.1) is 11.0 Å². The number of carbonyl (C=O) groups excluding carboxylic acids is 2. The molecule has 1 aromatic carbocycles. The normalized spacial score (nSPS) is 49.6. The number of hydrogen-bond acceptors (Lipinski definition) is 8. The van der Waals surface area contributed by atoms with Crippen LogP contribution in [0.4, 0.5) is 0 Å². The van der Waals surface area contributed by atoms with Gasteiger partial charge in [-0.25, -0.2) is 4.79 Å². The molecule has 470 valence electrons. The summed E-state index contributed by atoms with van der Waals surface area (Å²) in [6.07, 6.45) is 52.9. The van der Waals surface area contributed by atoms with Crippen LogP contribution in [0.2, 0.25) is 0 Å². The van der Waals surface area contributed by atoms with Gasteiger partial charge >= 0.3 is 11.9 Å². The molecule has 3 saturated heterocycles. The zero-order chi connectivity index (χ0) is 58.8. The van der Waals surface area contributed by atoms with E-state index in [0.29, 0.717) is 112 Å². The molecule has 8 saturated carbocycles. The van der Waals surface area contributed by atoms with Gasteiger partial charge in [0.25, 0.3) is 0 Å². The number of piperidine rings is 2. The number of aryl methyl sites for hydroxylation is 1. The molecule has 11 fully saturated rings. The van der Waals surface area contributed by atoms with Crippen LogP contribution in [0, 0.1) is 121 Å². The van der Waals surface area contributed by atoms with E-state index in [1.54, 1.807) is 16.8 Å². The topological polar surface area (TPSA) is 105 Å². The average molecular weight is 1200 g/mol. The molecule has 0 amide bonds. The predicted octanol–water partition coefficient (Wildman–Crippen LogP) is 16.1. The maximum Gasteiger partial charge on any atom is 0.339 e. The lowest BCUT2D eigenvalue weighted by Gasteiger charge is -2.73. The van der Waals surface area contributed by atoms with Gasteiger partial charge in [-0.05, 0) is 253 Å². The van der Waals surface area contributed by atoms with Crippen molar-refractivity contribution in [2.24, 2.45) is 115 Å². The summed E-state index contributed by atoms with van der Waals surface area (Å²) in [6.45, 7) is 2.73. The molecule has 7 aliphatic heterocycles. The monoisotopic (exact) mass is 1200 g/mol. The molecule has 21 unspecified atom stereocenters. The lowest BCUT2D eigenvalue weighted by molar-refractivity contribution is -0.283. The summed E-state index contributed by atoms with van der Waals surface area (Å²) in [6, 6.07) is 7.53. The van der Waals surface area contributed by atoms with Crippen LogP contribution < -0.4 is 5.73 Å². The fraction of sp³-hybridized carbons (Fsp3) is 0.753. The first-order valence-electron chi connectivity index (χ1n) is 38.1. The van der Waals surface area contributed by atoms with Gasteiger partial charge in [-0.15, -0.1) is 5.92 Å². The number of esters is 2. The Balaban J connectivity index is 0.824. The quantitative estimate of drug-likeness (QED) is 0.175. The molecule has 1 aromatic rings. The number of allylic oxidation sites excluding steroid dienone is 6. The van der Waals surface area contributed by atoms with Crippen molar-refractivity contribution >= 4 is 11.9 Å². The van der Waals surface area contributed by atoms with Crippen molar-refractivity contribution in [2.45, 2.75) is 248 Å². The van der Waals surface area contributed by atoms with E-state index in [-0.39, 0.29) is 53.0 Å². The standard InChI is InChI=1S/C81H101N3O5/c82-38-10-16-48-13-6-20-60-67(48)72(86)89-81(60)65-41-49(52-15-8-31-75(43-52)33-11-32-74(75)27-1-2-28-74)22-24-58-57-19-5-14-50-39-51-23-25-62-53-40-54-47-84(62)70(51)68(66(50)57)59-26-37-79(81)71(88-73(87)80(65,79)69(58)59)64(85)42-63-55-44-76(29-3-4-30-76)78(45-55)36-12-35-77(78)34-9-18-56(77)17-7-21-61(54)83(63)46-53/h5-6,13,19-20,22,24,49-50,52-58,61-63,65-66,68,85H,1-4,8-12,14-16,18,21,23,25-47,82H2. The van der Waals surface area contributed by atoms with E-state index in [9.17, 15) is 5.11 Å². The number of rotatable bonds is 4. The maximum atomic E-state index is 17.4. The van der Waals surface area contributed by atoms with Gasteiger partial charge in [-0.2, -0.15) is 0 Å². The lowest BCUT2D eigenvalue weighted by Crippen LogP contribution is -2.78. The van der Waals surface area contributed by atoms with Crippen molar-refractivity contribution in [3.05, 3.63) is 93.1 Å². The van der Waals surface area contributed by atoms with E-state index >= 15 is 9.59 Å². The van der Waals surface area contributed by atoms with Crippen LogP contribution in [-0.2, 0) is 26.3 Å². The minimum Gasteiger partial charge on any atom is -0.509 e. The third-order valence-corrected chi connectivity index (χ3v) is 33.9. The molecule has 8 heteroatoms. The highest BCUT2D eigenvalue weighted by atomic mass is 16.6. The van der Waals surface area contributed by atoms with E-state index in [0.717, 1.165) is 61.9 Å². The van der Waals surface area contributed by atoms with Gasteiger partial charge in [0.15, 0.2) is 11.4 Å². The van der Waals surface area contributed by atoms with Gasteiger partial charge in [-0.1, -0.05) is 111 Å². The zero-order valence-corrected chi connectivity index (χ0v) is 53.6. The number of hydrogen-bond donors (Lipinski definition) is 2. The summed E-state index contributed by atoms with van der Waals surface area (Å²) in [5.74, 6) is 12.9. The van der Waals surface area contributed by atoms with E-state index in [1.165, 1.54) is 179 Å². The molecule has 10 bridgehead atoms. The Kier molecular flexibility index (Phi) is 11.3. The number of carbonyl (C=O) groups is 2. The van der Waals surface area contributed by atoms with E-state index in [1.807, 2.05) is 0 Å². The van der Waals surface area contributed by atoms with Crippen LogP contribution >= 0.6 is 0 Å². The second kappa shape index (κ2) is 18.4. The third kappa shape index (κ3) is 6.22. The summed E-state index contributed by atoms with van der Waals surface area (Å²) in [5, 5.41) is 14.6. The third-order valence-electron chi connectivity index (χ3n) is 33.9. The van der Waals surface area contributed by atoms with Crippen molar-refractivity contribution in [1.29, 1.82) is 0 Å². The highest BCUT2D eigenvalue weighted by molar-refractivity contribution is 6.00. The highest BCUT2D eigenvalue weighted by Gasteiger charge is 2.94. The summed E-state index contributed by atoms with van der Waals surface area (Å²) in [4.78, 5) is 39.5. The van der Waals surface area contributed by atoms with Crippen LogP contribution in [-0.4, -0.2) is 64.6 Å². The molecule has 20 aliphatic rings. The molecule has 8 spiro atoms. The van der Waals surface area contributed by atoms with E-state index in [2.05, 4.69) is 64.1 Å². The van der Waals surface area contributed by atoms with Crippen molar-refractivity contribution in [3.8, 4) is 11.8 Å². The first-order valence-corrected chi connectivity index (χ1v) is 38.1. The lowest BCUT2D eigenvalue weighted by atomic mass is 9.27. The number of nitrogens with zero attached hydrogens (tertiary/aromatic N) is 2. The number of nitrogens with two attached hydrogens (primary N) is 1. The Bertz CT molecular complexity index is 3520. The molecule has 3 N–H and O–H groups in total. The Morgan fingerprint density at radius 1 is 0.719 bits per heavy atom. The van der Waals surface area contributed by atoms with Crippen LogP contribution in [0.1, 0.15) is 240 Å². The van der Waals surface area contributed by atoms with E-state index in [4.69, 9.17) is 15.2 Å². The van der Waals surface area contributed by atoms with Gasteiger partial charge in [0.1, 0.15) is 11.2 Å². The van der Waals surface area contributed by atoms with Gasteiger partial charge in [0.2, 0.25) is 0 Å². The number of fused-ring (bicyclic) bond motifs is 10. The molecule has 89 heavy (non-hydrogen) atoms. The second-order valence-corrected chi connectivity index (χ2v) is 35.5. The highest BCUT2D eigenvalue weighted by Crippen LogP contribution is 2.89. The molecular weight excluding hydrogens is 1090 g/mol. The van der Waals surface area contributed by atoms with Crippen LogP contribution in [0.5, 0.6) is 0 Å². The Labute approximate surface area is 530 Å². The van der Waals surface area contributed by atoms with E-state index < -0.39 is 16.4 Å². The predicted molar refractivity (Wildman–Crippen MR) is 343 cm³/mol. The number of benzene rings is 1. The van der Waals surface area contributed by atoms with Gasteiger partial charge < -0.3 is 25.2 Å². The fourth-order valence-electron chi connectivity index (χ4n) is 31.7. The summed E-state index contributed by atoms with van der Waals surface area (Å²) in [7, 11) is 0. The maximum absolute atomic E-state index is 17.4. The molecule has 7 heterocycles. The number of ether oxygens (including phenoxy) is 2. The number of aliphatic hydroxyl groups is 1. The summed E-state index contributed by atoms with van der Waals surface area (Å²) < 4.78 is 15.4. The van der Waals surface area contributed by atoms with Crippen molar-refractivity contribution < 1.29 is 24.2 Å². The number of aliphatic hydroxyl groups excluding tert-OH is 1. The Hall–Kier alpha value is -4.06. The average Bonchev–Trinajstić information content (AvgIpc) is 1.55. The largest absolute Gasteiger partial charge is 0.509 e. The summed E-state index contributed by atoms with van der Waals surface area (Å²) in [5.41, 5.74) is 13.8. The molecule has 8 nitrogen and oxygen atoms in total. The van der Waals surface area contributed by atoms with Crippen LogP contribution in [0.15, 0.2) is 76.4 Å². The van der Waals surface area contributed by atoms with Gasteiger partial charge in [0, 0.05) is 79.0 Å². The molecular formula is C81H101N3O5. The minimum atomic E-state index is -1.19. The van der Waals surface area contributed by atoms with Crippen LogP contribution in [0.3, 0.4) is 0 Å². The molecule has 21 atom stereocenters. The van der Waals surface area contributed by atoms with Crippen molar-refractivity contribution in [2.75, 3.05) is 19.6 Å². The molecule has 13 aliphatic carbocycles. The molecule has 0 aromatic heterocycles. The molecule has 0 radical (unpaired) electrons. The van der Waals surface area contributed by atoms with Crippen molar-refractivity contribution in [1.82, 2.24) is 9.80 Å². The first kappa shape index (κ1) is 54.3. The van der Waals surface area contributed by atoms with Gasteiger partial charge in [-0.3, -0.25) is 9.69 Å². The first-order chi connectivity index (χ1) is 43.6.